The number of hydrogen-bond acceptors (Lipinski definition) is 3. The second-order valence-electron chi connectivity index (χ2n) is 3.43. The SMILES string of the molecule is CCN1CCc2sccc2C1CN. The summed E-state index contributed by atoms with van der Waals surface area (Å²) in [5.74, 6) is 0. The zero-order valence-electron chi connectivity index (χ0n) is 7.99. The van der Waals surface area contributed by atoms with Crippen LogP contribution in [-0.2, 0) is 6.42 Å². The molecule has 0 amide bonds. The van der Waals surface area contributed by atoms with E-state index in [4.69, 9.17) is 5.73 Å². The van der Waals surface area contributed by atoms with E-state index in [1.165, 1.54) is 18.5 Å². The molecule has 0 fully saturated rings. The Morgan fingerprint density at radius 3 is 3.23 bits per heavy atom. The Morgan fingerprint density at radius 2 is 2.54 bits per heavy atom. The van der Waals surface area contributed by atoms with E-state index in [-0.39, 0.29) is 0 Å². The summed E-state index contributed by atoms with van der Waals surface area (Å²) in [6.07, 6.45) is 1.21. The van der Waals surface area contributed by atoms with Crippen LogP contribution in [0.3, 0.4) is 0 Å². The molecule has 72 valence electrons. The fraction of sp³-hybridized carbons (Fsp3) is 0.600. The second kappa shape index (κ2) is 3.78. The number of nitrogens with zero attached hydrogens (tertiary/aromatic N) is 1. The predicted molar refractivity (Wildman–Crippen MR) is 57.1 cm³/mol. The molecule has 2 N–H and O–H groups in total. The van der Waals surface area contributed by atoms with Crippen molar-refractivity contribution in [3.8, 4) is 0 Å². The predicted octanol–water partition coefficient (Wildman–Crippen LogP) is 1.63. The zero-order valence-corrected chi connectivity index (χ0v) is 8.81. The molecule has 1 aromatic rings. The Balaban J connectivity index is 2.29. The van der Waals surface area contributed by atoms with Gasteiger partial charge in [0.1, 0.15) is 0 Å². The topological polar surface area (TPSA) is 29.3 Å². The highest BCUT2D eigenvalue weighted by Gasteiger charge is 2.25. The van der Waals surface area contributed by atoms with Crippen LogP contribution in [0, 0.1) is 0 Å². The van der Waals surface area contributed by atoms with Gasteiger partial charge in [-0.05, 0) is 30.0 Å². The molecule has 0 saturated carbocycles. The molecule has 1 atom stereocenters. The third kappa shape index (κ3) is 1.52. The molecular formula is C10H16N2S. The highest BCUT2D eigenvalue weighted by atomic mass is 32.1. The zero-order chi connectivity index (χ0) is 9.26. The molecule has 1 aliphatic rings. The normalized spacial score (nSPS) is 23.1. The molecule has 2 rings (SSSR count). The number of rotatable bonds is 2. The van der Waals surface area contributed by atoms with Gasteiger partial charge < -0.3 is 5.73 Å². The van der Waals surface area contributed by atoms with Crippen LogP contribution >= 0.6 is 11.3 Å². The minimum absolute atomic E-state index is 0.472. The largest absolute Gasteiger partial charge is 0.329 e. The third-order valence-electron chi connectivity index (χ3n) is 2.84. The minimum atomic E-state index is 0.472. The summed E-state index contributed by atoms with van der Waals surface area (Å²) in [4.78, 5) is 4.01. The van der Waals surface area contributed by atoms with Gasteiger partial charge >= 0.3 is 0 Å². The van der Waals surface area contributed by atoms with Gasteiger partial charge in [0.25, 0.3) is 0 Å². The Hall–Kier alpha value is -0.380. The summed E-state index contributed by atoms with van der Waals surface area (Å²) in [7, 11) is 0. The van der Waals surface area contributed by atoms with Crippen molar-refractivity contribution in [1.29, 1.82) is 0 Å². The van der Waals surface area contributed by atoms with Crippen molar-refractivity contribution in [2.75, 3.05) is 19.6 Å². The quantitative estimate of drug-likeness (QED) is 0.779. The number of thiophene rings is 1. The number of likely N-dealkylation sites (N-methyl/N-ethyl adjacent to an activating group) is 1. The molecular weight excluding hydrogens is 180 g/mol. The lowest BCUT2D eigenvalue weighted by atomic mass is 10.0. The molecule has 3 heteroatoms. The molecule has 1 aliphatic heterocycles. The summed E-state index contributed by atoms with van der Waals surface area (Å²) in [6, 6.07) is 2.71. The number of fused-ring (bicyclic) bond motifs is 1. The third-order valence-corrected chi connectivity index (χ3v) is 3.83. The maximum absolute atomic E-state index is 5.81. The van der Waals surface area contributed by atoms with Gasteiger partial charge in [0.15, 0.2) is 0 Å². The van der Waals surface area contributed by atoms with Crippen LogP contribution < -0.4 is 5.73 Å². The van der Waals surface area contributed by atoms with Gasteiger partial charge in [-0.3, -0.25) is 4.90 Å². The highest BCUT2D eigenvalue weighted by molar-refractivity contribution is 7.10. The van der Waals surface area contributed by atoms with Crippen molar-refractivity contribution in [3.05, 3.63) is 21.9 Å². The fourth-order valence-corrected chi connectivity index (χ4v) is 3.03. The van der Waals surface area contributed by atoms with Crippen LogP contribution in [0.15, 0.2) is 11.4 Å². The van der Waals surface area contributed by atoms with E-state index in [0.29, 0.717) is 6.04 Å². The Labute approximate surface area is 83.4 Å². The van der Waals surface area contributed by atoms with E-state index in [1.54, 1.807) is 4.88 Å². The average molecular weight is 196 g/mol. The van der Waals surface area contributed by atoms with Gasteiger partial charge in [-0.2, -0.15) is 0 Å². The van der Waals surface area contributed by atoms with E-state index in [9.17, 15) is 0 Å². The molecule has 0 aliphatic carbocycles. The molecule has 0 radical (unpaired) electrons. The molecule has 1 unspecified atom stereocenters. The Kier molecular flexibility index (Phi) is 2.67. The summed E-state index contributed by atoms with van der Waals surface area (Å²) in [6.45, 7) is 5.24. The van der Waals surface area contributed by atoms with Crippen molar-refractivity contribution >= 4 is 11.3 Å². The monoisotopic (exact) mass is 196 g/mol. The lowest BCUT2D eigenvalue weighted by Gasteiger charge is -2.34. The van der Waals surface area contributed by atoms with E-state index < -0.39 is 0 Å². The highest BCUT2D eigenvalue weighted by Crippen LogP contribution is 2.31. The van der Waals surface area contributed by atoms with Crippen molar-refractivity contribution in [3.63, 3.8) is 0 Å². The average Bonchev–Trinajstić information content (AvgIpc) is 2.63. The fourth-order valence-electron chi connectivity index (χ4n) is 2.10. The van der Waals surface area contributed by atoms with Crippen molar-refractivity contribution in [2.24, 2.45) is 5.73 Å². The van der Waals surface area contributed by atoms with Gasteiger partial charge in [-0.25, -0.2) is 0 Å². The first-order chi connectivity index (χ1) is 6.36. The number of nitrogens with two attached hydrogens (primary N) is 1. The van der Waals surface area contributed by atoms with Crippen LogP contribution in [0.2, 0.25) is 0 Å². The number of hydrogen-bond donors (Lipinski definition) is 1. The first kappa shape index (κ1) is 9.19. The van der Waals surface area contributed by atoms with Crippen LogP contribution in [0.4, 0.5) is 0 Å². The lowest BCUT2D eigenvalue weighted by molar-refractivity contribution is 0.202. The van der Waals surface area contributed by atoms with E-state index in [0.717, 1.165) is 13.1 Å². The maximum atomic E-state index is 5.81. The Morgan fingerprint density at radius 1 is 1.69 bits per heavy atom. The summed E-state index contributed by atoms with van der Waals surface area (Å²) >= 11 is 1.87. The molecule has 0 bridgehead atoms. The van der Waals surface area contributed by atoms with Crippen molar-refractivity contribution < 1.29 is 0 Å². The molecule has 0 saturated heterocycles. The van der Waals surface area contributed by atoms with Crippen molar-refractivity contribution in [2.45, 2.75) is 19.4 Å². The molecule has 0 spiro atoms. The van der Waals surface area contributed by atoms with Gasteiger partial charge in [-0.15, -0.1) is 11.3 Å². The molecule has 2 heterocycles. The molecule has 1 aromatic heterocycles. The van der Waals surface area contributed by atoms with Crippen LogP contribution in [-0.4, -0.2) is 24.5 Å². The van der Waals surface area contributed by atoms with Gasteiger partial charge in [0, 0.05) is 24.0 Å². The lowest BCUT2D eigenvalue weighted by Crippen LogP contribution is -2.38. The van der Waals surface area contributed by atoms with Crippen molar-refractivity contribution in [1.82, 2.24) is 4.90 Å². The summed E-state index contributed by atoms with van der Waals surface area (Å²) in [5, 5.41) is 2.19. The summed E-state index contributed by atoms with van der Waals surface area (Å²) in [5.41, 5.74) is 7.28. The first-order valence-electron chi connectivity index (χ1n) is 4.87. The first-order valence-corrected chi connectivity index (χ1v) is 5.75. The van der Waals surface area contributed by atoms with Gasteiger partial charge in [-0.1, -0.05) is 6.92 Å². The van der Waals surface area contributed by atoms with Crippen LogP contribution in [0.5, 0.6) is 0 Å². The molecule has 0 aromatic carbocycles. The van der Waals surface area contributed by atoms with Crippen LogP contribution in [0.1, 0.15) is 23.4 Å². The minimum Gasteiger partial charge on any atom is -0.329 e. The standard InChI is InChI=1S/C10H16N2S/c1-2-12-5-3-10-8(4-6-13-10)9(12)7-11/h4,6,9H,2-3,5,7,11H2,1H3. The van der Waals surface area contributed by atoms with E-state index >= 15 is 0 Å². The van der Waals surface area contributed by atoms with Crippen LogP contribution in [0.25, 0.3) is 0 Å². The van der Waals surface area contributed by atoms with Gasteiger partial charge in [0.05, 0.1) is 0 Å². The smallest absolute Gasteiger partial charge is 0.0481 e. The molecule has 2 nitrogen and oxygen atoms in total. The van der Waals surface area contributed by atoms with Gasteiger partial charge in [0.2, 0.25) is 0 Å². The Bertz CT molecular complexity index is 282. The molecule has 13 heavy (non-hydrogen) atoms. The van der Waals surface area contributed by atoms with E-state index in [1.807, 2.05) is 11.3 Å². The summed E-state index contributed by atoms with van der Waals surface area (Å²) < 4.78 is 0. The second-order valence-corrected chi connectivity index (χ2v) is 4.43. The maximum Gasteiger partial charge on any atom is 0.0481 e. The van der Waals surface area contributed by atoms with E-state index in [2.05, 4.69) is 23.3 Å².